The van der Waals surface area contributed by atoms with Gasteiger partial charge in [0.05, 0.1) is 0 Å². The summed E-state index contributed by atoms with van der Waals surface area (Å²) in [6.07, 6.45) is 3.54. The standard InChI is InChI=1S/C26H28FN3O2/c1-26(2,3)29-25(31)24-22-16-20(27)8-9-23(22)32-15-14-30(24)17-19-6-4-5-7-21(19)18-10-12-28-13-11-18/h4-13,16,24H,14-15,17H2,1-3H3,(H,29,31). The zero-order chi connectivity index (χ0) is 22.7. The molecular weight excluding hydrogens is 405 g/mol. The predicted molar refractivity (Wildman–Crippen MR) is 123 cm³/mol. The van der Waals surface area contributed by atoms with E-state index in [1.54, 1.807) is 18.5 Å². The van der Waals surface area contributed by atoms with Crippen LogP contribution in [0.3, 0.4) is 0 Å². The highest BCUT2D eigenvalue weighted by molar-refractivity contribution is 5.84. The van der Waals surface area contributed by atoms with Gasteiger partial charge in [-0.3, -0.25) is 14.7 Å². The molecule has 166 valence electrons. The van der Waals surface area contributed by atoms with Gasteiger partial charge in [-0.05, 0) is 67.8 Å². The minimum Gasteiger partial charge on any atom is -0.492 e. The van der Waals surface area contributed by atoms with E-state index in [4.69, 9.17) is 4.74 Å². The molecule has 0 bridgehead atoms. The van der Waals surface area contributed by atoms with E-state index in [9.17, 15) is 9.18 Å². The van der Waals surface area contributed by atoms with Gasteiger partial charge < -0.3 is 10.1 Å². The summed E-state index contributed by atoms with van der Waals surface area (Å²) in [5.74, 6) is -0.0124. The van der Waals surface area contributed by atoms with Crippen molar-refractivity contribution in [1.29, 1.82) is 0 Å². The van der Waals surface area contributed by atoms with Gasteiger partial charge in [0.15, 0.2) is 0 Å². The smallest absolute Gasteiger partial charge is 0.242 e. The molecule has 6 heteroatoms. The predicted octanol–water partition coefficient (Wildman–Crippen LogP) is 4.74. The van der Waals surface area contributed by atoms with Gasteiger partial charge in [-0.15, -0.1) is 0 Å². The van der Waals surface area contributed by atoms with E-state index >= 15 is 0 Å². The zero-order valence-corrected chi connectivity index (χ0v) is 18.6. The average Bonchev–Trinajstić information content (AvgIpc) is 2.92. The summed E-state index contributed by atoms with van der Waals surface area (Å²) in [6, 6.07) is 15.8. The van der Waals surface area contributed by atoms with Gasteiger partial charge in [0.2, 0.25) is 5.91 Å². The van der Waals surface area contributed by atoms with Gasteiger partial charge >= 0.3 is 0 Å². The summed E-state index contributed by atoms with van der Waals surface area (Å²) in [4.78, 5) is 19.6. The minimum atomic E-state index is -0.673. The zero-order valence-electron chi connectivity index (χ0n) is 18.6. The molecule has 4 rings (SSSR count). The Labute approximate surface area is 188 Å². The second-order valence-corrected chi connectivity index (χ2v) is 9.04. The molecule has 2 heterocycles. The average molecular weight is 434 g/mol. The molecule has 1 amide bonds. The van der Waals surface area contributed by atoms with E-state index < -0.39 is 11.6 Å². The number of nitrogens with one attached hydrogen (secondary N) is 1. The number of halogens is 1. The van der Waals surface area contributed by atoms with Gasteiger partial charge in [-0.1, -0.05) is 24.3 Å². The summed E-state index contributed by atoms with van der Waals surface area (Å²) in [7, 11) is 0. The molecule has 3 aromatic rings. The lowest BCUT2D eigenvalue weighted by Crippen LogP contribution is -2.47. The van der Waals surface area contributed by atoms with Crippen LogP contribution in [-0.2, 0) is 11.3 Å². The number of carbonyl (C=O) groups is 1. The fraction of sp³-hybridized carbons (Fsp3) is 0.308. The molecule has 2 aromatic carbocycles. The van der Waals surface area contributed by atoms with Gasteiger partial charge in [-0.2, -0.15) is 0 Å². The van der Waals surface area contributed by atoms with Crippen LogP contribution < -0.4 is 10.1 Å². The van der Waals surface area contributed by atoms with Crippen molar-refractivity contribution in [2.75, 3.05) is 13.2 Å². The Balaban J connectivity index is 1.75. The van der Waals surface area contributed by atoms with Crippen LogP contribution in [0.15, 0.2) is 67.0 Å². The first-order chi connectivity index (χ1) is 15.3. The third kappa shape index (κ3) is 4.97. The van der Waals surface area contributed by atoms with E-state index in [-0.39, 0.29) is 11.7 Å². The SMILES string of the molecule is CC(C)(C)NC(=O)C1c2cc(F)ccc2OCCN1Cc1ccccc1-c1ccncc1. The highest BCUT2D eigenvalue weighted by Gasteiger charge is 2.34. The van der Waals surface area contributed by atoms with E-state index in [1.807, 2.05) is 45.0 Å². The molecule has 1 unspecified atom stereocenters. The van der Waals surface area contributed by atoms with Crippen molar-refractivity contribution < 1.29 is 13.9 Å². The maximum absolute atomic E-state index is 14.2. The topological polar surface area (TPSA) is 54.5 Å². The Morgan fingerprint density at radius 2 is 1.91 bits per heavy atom. The Morgan fingerprint density at radius 3 is 2.66 bits per heavy atom. The van der Waals surface area contributed by atoms with Crippen molar-refractivity contribution in [1.82, 2.24) is 15.2 Å². The summed E-state index contributed by atoms with van der Waals surface area (Å²) < 4.78 is 20.1. The molecule has 1 N–H and O–H groups in total. The van der Waals surface area contributed by atoms with Crippen LogP contribution in [-0.4, -0.2) is 34.5 Å². The number of fused-ring (bicyclic) bond motifs is 1. The third-order valence-electron chi connectivity index (χ3n) is 5.40. The molecule has 1 aromatic heterocycles. The summed E-state index contributed by atoms with van der Waals surface area (Å²) in [5, 5.41) is 3.07. The summed E-state index contributed by atoms with van der Waals surface area (Å²) >= 11 is 0. The number of hydrogen-bond donors (Lipinski definition) is 1. The molecule has 0 aliphatic carbocycles. The first kappa shape index (κ1) is 22.0. The molecule has 1 atom stereocenters. The Hall–Kier alpha value is -3.25. The minimum absolute atomic E-state index is 0.170. The first-order valence-corrected chi connectivity index (χ1v) is 10.8. The number of hydrogen-bond acceptors (Lipinski definition) is 4. The number of pyridine rings is 1. The molecule has 0 saturated carbocycles. The van der Waals surface area contributed by atoms with Gasteiger partial charge in [0, 0.05) is 36.6 Å². The van der Waals surface area contributed by atoms with E-state index in [0.29, 0.717) is 31.0 Å². The number of amides is 1. The second-order valence-electron chi connectivity index (χ2n) is 9.04. The van der Waals surface area contributed by atoms with Gasteiger partial charge in [0.25, 0.3) is 0 Å². The number of benzene rings is 2. The van der Waals surface area contributed by atoms with Crippen molar-refractivity contribution in [2.45, 2.75) is 38.9 Å². The fourth-order valence-electron chi connectivity index (χ4n) is 4.07. The first-order valence-electron chi connectivity index (χ1n) is 10.8. The number of aromatic nitrogens is 1. The van der Waals surface area contributed by atoms with Crippen LogP contribution in [0.5, 0.6) is 5.75 Å². The van der Waals surface area contributed by atoms with Crippen LogP contribution in [0.2, 0.25) is 0 Å². The largest absolute Gasteiger partial charge is 0.492 e. The maximum Gasteiger partial charge on any atom is 0.242 e. The lowest BCUT2D eigenvalue weighted by molar-refractivity contribution is -0.128. The number of nitrogens with zero attached hydrogens (tertiary/aromatic N) is 2. The fourth-order valence-corrected chi connectivity index (χ4v) is 4.07. The lowest BCUT2D eigenvalue weighted by atomic mass is 9.97. The third-order valence-corrected chi connectivity index (χ3v) is 5.40. The van der Waals surface area contributed by atoms with Gasteiger partial charge in [-0.25, -0.2) is 4.39 Å². The Bertz CT molecular complexity index is 1100. The van der Waals surface area contributed by atoms with Crippen LogP contribution in [0.1, 0.15) is 37.9 Å². The Morgan fingerprint density at radius 1 is 1.16 bits per heavy atom. The van der Waals surface area contributed by atoms with Crippen LogP contribution in [0.25, 0.3) is 11.1 Å². The quantitative estimate of drug-likeness (QED) is 0.646. The van der Waals surface area contributed by atoms with Crippen LogP contribution in [0, 0.1) is 5.82 Å². The molecule has 32 heavy (non-hydrogen) atoms. The molecule has 0 fully saturated rings. The summed E-state index contributed by atoms with van der Waals surface area (Å²) in [6.45, 7) is 7.27. The molecule has 0 saturated heterocycles. The lowest BCUT2D eigenvalue weighted by Gasteiger charge is -2.32. The number of rotatable bonds is 4. The monoisotopic (exact) mass is 433 g/mol. The van der Waals surface area contributed by atoms with E-state index in [0.717, 1.165) is 16.7 Å². The van der Waals surface area contributed by atoms with Crippen molar-refractivity contribution in [2.24, 2.45) is 0 Å². The molecule has 0 radical (unpaired) electrons. The van der Waals surface area contributed by atoms with Crippen molar-refractivity contribution >= 4 is 5.91 Å². The molecule has 5 nitrogen and oxygen atoms in total. The highest BCUT2D eigenvalue weighted by atomic mass is 19.1. The molecule has 0 spiro atoms. The highest BCUT2D eigenvalue weighted by Crippen LogP contribution is 2.35. The number of carbonyl (C=O) groups excluding carboxylic acids is 1. The molecule has 1 aliphatic rings. The van der Waals surface area contributed by atoms with Crippen molar-refractivity contribution in [3.63, 3.8) is 0 Å². The van der Waals surface area contributed by atoms with Crippen LogP contribution >= 0.6 is 0 Å². The van der Waals surface area contributed by atoms with Crippen molar-refractivity contribution in [3.05, 3.63) is 83.9 Å². The van der Waals surface area contributed by atoms with Crippen LogP contribution in [0.4, 0.5) is 4.39 Å². The second kappa shape index (κ2) is 9.09. The van der Waals surface area contributed by atoms with E-state index in [1.165, 1.54) is 12.1 Å². The normalized spacial score (nSPS) is 16.6. The van der Waals surface area contributed by atoms with Gasteiger partial charge in [0.1, 0.15) is 24.2 Å². The number of ether oxygens (including phenoxy) is 1. The molecular formula is C26H28FN3O2. The van der Waals surface area contributed by atoms with E-state index in [2.05, 4.69) is 27.3 Å². The maximum atomic E-state index is 14.2. The molecule has 1 aliphatic heterocycles. The Kier molecular flexibility index (Phi) is 6.24. The summed E-state index contributed by atoms with van der Waals surface area (Å²) in [5.41, 5.74) is 3.34. The van der Waals surface area contributed by atoms with Crippen molar-refractivity contribution in [3.8, 4) is 16.9 Å².